The van der Waals surface area contributed by atoms with E-state index in [1.165, 1.54) is 16.7 Å². The Balaban J connectivity index is 1.29. The van der Waals surface area contributed by atoms with Crippen LogP contribution in [0.15, 0.2) is 88.7 Å². The maximum absolute atomic E-state index is 13.9. The summed E-state index contributed by atoms with van der Waals surface area (Å²) in [6.07, 6.45) is 0. The number of anilines is 2. The maximum atomic E-state index is 13.9. The highest BCUT2D eigenvalue weighted by Gasteiger charge is 2.56. The number of carbonyl (C=O) groups is 3. The number of ether oxygens (including phenoxy) is 2. The summed E-state index contributed by atoms with van der Waals surface area (Å²) in [6, 6.07) is 22.9. The second-order valence-corrected chi connectivity index (χ2v) is 11.4. The summed E-state index contributed by atoms with van der Waals surface area (Å²) in [5.41, 5.74) is 1.84. The van der Waals surface area contributed by atoms with Gasteiger partial charge >= 0.3 is 4.87 Å². The number of H-pyrrole nitrogens is 1. The molecule has 202 valence electrons. The van der Waals surface area contributed by atoms with E-state index in [2.05, 4.69) is 10.3 Å². The van der Waals surface area contributed by atoms with Gasteiger partial charge in [0.1, 0.15) is 16.7 Å². The number of amides is 3. The molecule has 1 saturated heterocycles. The smallest absolute Gasteiger partial charge is 0.305 e. The van der Waals surface area contributed by atoms with E-state index >= 15 is 0 Å². The number of fused-ring (bicyclic) bond motifs is 2. The molecule has 9 nitrogen and oxygen atoms in total. The number of rotatable bonds is 7. The van der Waals surface area contributed by atoms with Crippen LogP contribution < -0.4 is 24.6 Å². The molecule has 3 aromatic carbocycles. The number of aromatic amines is 1. The lowest BCUT2D eigenvalue weighted by Gasteiger charge is -2.30. The van der Waals surface area contributed by atoms with Crippen molar-refractivity contribution in [2.24, 2.45) is 5.92 Å². The lowest BCUT2D eigenvalue weighted by molar-refractivity contribution is -0.122. The molecule has 0 saturated carbocycles. The first-order chi connectivity index (χ1) is 19.4. The minimum Gasteiger partial charge on any atom is -0.497 e. The van der Waals surface area contributed by atoms with Crippen molar-refractivity contribution in [3.05, 3.63) is 99.0 Å². The van der Waals surface area contributed by atoms with Crippen LogP contribution in [0, 0.1) is 5.92 Å². The molecule has 3 heterocycles. The number of thioether (sulfide) groups is 1. The van der Waals surface area contributed by atoms with Gasteiger partial charge in [-0.1, -0.05) is 53.4 Å². The van der Waals surface area contributed by atoms with Gasteiger partial charge in [-0.3, -0.25) is 19.2 Å². The van der Waals surface area contributed by atoms with Crippen LogP contribution in [-0.4, -0.2) is 41.7 Å². The molecule has 1 fully saturated rings. The fourth-order valence-corrected chi connectivity index (χ4v) is 7.54. The molecule has 4 aromatic rings. The molecular formula is C29H23N3O6S2. The Labute approximate surface area is 237 Å². The third kappa shape index (κ3) is 4.78. The van der Waals surface area contributed by atoms with Gasteiger partial charge in [-0.25, -0.2) is 4.90 Å². The molecule has 0 radical (unpaired) electrons. The standard InChI is InChI=1S/C29H23N3O6S2/c1-37-19-12-10-18(11-13-19)32-27(34)23-22(24-26(31-29(36)40-24)39-25(23)28(32)35)16-6-5-9-20(14-16)38-15-21(33)30-17-7-3-2-4-8-17/h2-14,22-23,25H,15H2,1H3,(H,30,33)(H,31,36)/t22-,23-,25+/m0/s1. The van der Waals surface area contributed by atoms with Crippen LogP contribution in [0.1, 0.15) is 16.4 Å². The van der Waals surface area contributed by atoms with Gasteiger partial charge in [-0.05, 0) is 54.1 Å². The van der Waals surface area contributed by atoms with Gasteiger partial charge in [0, 0.05) is 16.5 Å². The number of aromatic nitrogens is 1. The molecule has 2 aliphatic rings. The van der Waals surface area contributed by atoms with Crippen molar-refractivity contribution < 1.29 is 23.9 Å². The molecular weight excluding hydrogens is 550 g/mol. The molecule has 11 heteroatoms. The van der Waals surface area contributed by atoms with Gasteiger partial charge in [-0.15, -0.1) is 0 Å². The number of hydrogen-bond acceptors (Lipinski definition) is 8. The molecule has 6 rings (SSSR count). The topological polar surface area (TPSA) is 118 Å². The lowest BCUT2D eigenvalue weighted by Crippen LogP contribution is -2.32. The molecule has 0 unspecified atom stereocenters. The van der Waals surface area contributed by atoms with Crippen LogP contribution in [0.5, 0.6) is 11.5 Å². The number of thiazole rings is 1. The van der Waals surface area contributed by atoms with Crippen molar-refractivity contribution >= 4 is 52.2 Å². The fourth-order valence-electron chi connectivity index (χ4n) is 5.03. The van der Waals surface area contributed by atoms with Crippen LogP contribution >= 0.6 is 23.1 Å². The highest BCUT2D eigenvalue weighted by Crippen LogP contribution is 2.53. The van der Waals surface area contributed by atoms with Gasteiger partial charge in [0.25, 0.3) is 5.91 Å². The predicted octanol–water partition coefficient (Wildman–Crippen LogP) is 4.26. The molecule has 2 N–H and O–H groups in total. The predicted molar refractivity (Wildman–Crippen MR) is 152 cm³/mol. The number of nitrogens with one attached hydrogen (secondary N) is 2. The Morgan fingerprint density at radius 2 is 1.73 bits per heavy atom. The van der Waals surface area contributed by atoms with Crippen LogP contribution in [0.25, 0.3) is 0 Å². The van der Waals surface area contributed by atoms with Crippen molar-refractivity contribution in [3.8, 4) is 11.5 Å². The number of carbonyl (C=O) groups excluding carboxylic acids is 3. The van der Waals surface area contributed by atoms with E-state index in [9.17, 15) is 19.2 Å². The number of methoxy groups -OCH3 is 1. The van der Waals surface area contributed by atoms with Crippen LogP contribution in [0.3, 0.4) is 0 Å². The van der Waals surface area contributed by atoms with E-state index in [0.717, 1.165) is 11.3 Å². The second kappa shape index (κ2) is 10.7. The monoisotopic (exact) mass is 573 g/mol. The molecule has 0 spiro atoms. The quantitative estimate of drug-likeness (QED) is 0.317. The number of hydrogen-bond donors (Lipinski definition) is 2. The summed E-state index contributed by atoms with van der Waals surface area (Å²) >= 11 is 2.26. The van der Waals surface area contributed by atoms with Crippen molar-refractivity contribution in [2.75, 3.05) is 23.9 Å². The highest BCUT2D eigenvalue weighted by atomic mass is 32.2. The van der Waals surface area contributed by atoms with Crippen molar-refractivity contribution in [3.63, 3.8) is 0 Å². The van der Waals surface area contributed by atoms with Crippen molar-refractivity contribution in [2.45, 2.75) is 16.2 Å². The Hall–Kier alpha value is -4.35. The van der Waals surface area contributed by atoms with Gasteiger partial charge in [0.2, 0.25) is 11.8 Å². The lowest BCUT2D eigenvalue weighted by atomic mass is 9.83. The number of para-hydroxylation sites is 1. The Kier molecular flexibility index (Phi) is 6.91. The third-order valence-electron chi connectivity index (χ3n) is 6.80. The molecule has 3 amide bonds. The molecule has 0 aliphatic carbocycles. The SMILES string of the molecule is COc1ccc(N2C(=O)[C@H]3[C@H](c4cccc(OCC(=O)Nc5ccccc5)c4)c4sc(=O)[nH]c4S[C@H]3C2=O)cc1. The van der Waals surface area contributed by atoms with Gasteiger partial charge in [0.05, 0.1) is 23.7 Å². The summed E-state index contributed by atoms with van der Waals surface area (Å²) in [5, 5.41) is 2.66. The van der Waals surface area contributed by atoms with Gasteiger partial charge in [0.15, 0.2) is 6.61 Å². The van der Waals surface area contributed by atoms with Crippen molar-refractivity contribution in [1.82, 2.24) is 4.98 Å². The molecule has 1 aromatic heterocycles. The zero-order valence-corrected chi connectivity index (χ0v) is 22.8. The van der Waals surface area contributed by atoms with E-state index < -0.39 is 17.1 Å². The van der Waals surface area contributed by atoms with E-state index in [0.29, 0.717) is 38.3 Å². The van der Waals surface area contributed by atoms with Crippen molar-refractivity contribution in [1.29, 1.82) is 0 Å². The maximum Gasteiger partial charge on any atom is 0.305 e. The minimum absolute atomic E-state index is 0.212. The van der Waals surface area contributed by atoms with E-state index in [1.54, 1.807) is 61.7 Å². The summed E-state index contributed by atoms with van der Waals surface area (Å²) < 4.78 is 11.0. The zero-order valence-electron chi connectivity index (χ0n) is 21.2. The number of imide groups is 1. The molecule has 0 bridgehead atoms. The zero-order chi connectivity index (χ0) is 27.8. The first-order valence-corrected chi connectivity index (χ1v) is 14.1. The van der Waals surface area contributed by atoms with Crippen LogP contribution in [0.2, 0.25) is 0 Å². The first-order valence-electron chi connectivity index (χ1n) is 12.4. The van der Waals surface area contributed by atoms with Crippen LogP contribution in [0.4, 0.5) is 11.4 Å². The summed E-state index contributed by atoms with van der Waals surface area (Å²) in [4.78, 5) is 56.7. The Morgan fingerprint density at radius 3 is 2.48 bits per heavy atom. The molecule has 40 heavy (non-hydrogen) atoms. The summed E-state index contributed by atoms with van der Waals surface area (Å²) in [7, 11) is 1.55. The second-order valence-electron chi connectivity index (χ2n) is 9.24. The number of benzene rings is 3. The largest absolute Gasteiger partial charge is 0.497 e. The summed E-state index contributed by atoms with van der Waals surface area (Å²) in [5.74, 6) is -1.22. The normalized spacial score (nSPS) is 19.6. The number of nitrogens with zero attached hydrogens (tertiary/aromatic N) is 1. The van der Waals surface area contributed by atoms with Gasteiger partial charge in [-0.2, -0.15) is 0 Å². The molecule has 2 aliphatic heterocycles. The highest BCUT2D eigenvalue weighted by molar-refractivity contribution is 8.00. The summed E-state index contributed by atoms with van der Waals surface area (Å²) in [6.45, 7) is -0.212. The molecule has 3 atom stereocenters. The minimum atomic E-state index is -0.727. The van der Waals surface area contributed by atoms with E-state index in [1.807, 2.05) is 24.3 Å². The third-order valence-corrected chi connectivity index (χ3v) is 9.20. The Morgan fingerprint density at radius 1 is 0.950 bits per heavy atom. The average Bonchev–Trinajstić information content (AvgIpc) is 3.46. The van der Waals surface area contributed by atoms with E-state index in [-0.39, 0.29) is 29.2 Å². The Bertz CT molecular complexity index is 1650. The first kappa shape index (κ1) is 25.9. The van der Waals surface area contributed by atoms with Gasteiger partial charge < -0.3 is 19.8 Å². The van der Waals surface area contributed by atoms with Crippen LogP contribution in [-0.2, 0) is 14.4 Å². The fraction of sp³-hybridized carbons (Fsp3) is 0.172. The van der Waals surface area contributed by atoms with E-state index in [4.69, 9.17) is 9.47 Å². The average molecular weight is 574 g/mol.